The van der Waals surface area contributed by atoms with Crippen molar-refractivity contribution >= 4 is 46.3 Å². The number of halogens is 3. The number of hydrogen-bond donors (Lipinski definition) is 1. The molecule has 2 unspecified atom stereocenters. The van der Waals surface area contributed by atoms with Crippen LogP contribution in [0.5, 0.6) is 0 Å². The molecule has 2 aliphatic heterocycles. The molecule has 1 N–H and O–H groups in total. The second-order valence-corrected chi connectivity index (χ2v) is 10.7. The molecule has 2 aliphatic rings. The number of anilines is 2. The smallest absolute Gasteiger partial charge is 0.372 e. The van der Waals surface area contributed by atoms with Crippen LogP contribution in [0.1, 0.15) is 35.8 Å². The number of aromatic nitrogens is 1. The van der Waals surface area contributed by atoms with Crippen LogP contribution in [0.25, 0.3) is 0 Å². The van der Waals surface area contributed by atoms with Crippen molar-refractivity contribution < 1.29 is 22.8 Å². The van der Waals surface area contributed by atoms with Gasteiger partial charge in [-0.15, -0.1) is 0 Å². The summed E-state index contributed by atoms with van der Waals surface area (Å²) in [5, 5.41) is -0.339. The molecule has 3 aromatic rings. The summed E-state index contributed by atoms with van der Waals surface area (Å²) in [6, 6.07) is 11.9. The van der Waals surface area contributed by atoms with Gasteiger partial charge in [0.1, 0.15) is 5.25 Å². The first-order valence-corrected chi connectivity index (χ1v) is 13.1. The topological polar surface area (TPSA) is 73.5 Å². The molecule has 0 aliphatic carbocycles. The molecular formula is C25H22F3N3O3S2. The van der Waals surface area contributed by atoms with Gasteiger partial charge in [0.2, 0.25) is 11.8 Å². The fraction of sp³-hybridized carbons (Fsp3) is 0.320. The standard InChI is InChI=1S/C25H22F3N3O3S2/c1-3-30(4-2)15-10-8-13(9-11-15)17-18-20(35-21-19(17)36-24(34)29-21)23(33)31(22(18)32)16-7-5-6-14(12-16)25(26,27)28/h5-12,17-18,20H,3-4H2,1-2H3,(H,29,34)/t17-,18?,20?/m1/s1. The third kappa shape index (κ3) is 4.03. The number of rotatable bonds is 5. The maximum absolute atomic E-state index is 13.7. The molecule has 1 fully saturated rings. The lowest BCUT2D eigenvalue weighted by molar-refractivity contribution is -0.137. The second-order valence-electron chi connectivity index (χ2n) is 8.57. The summed E-state index contributed by atoms with van der Waals surface area (Å²) in [5.41, 5.74) is 0.731. The molecule has 36 heavy (non-hydrogen) atoms. The highest BCUT2D eigenvalue weighted by Crippen LogP contribution is 2.53. The number of thiazole rings is 1. The molecule has 188 valence electrons. The van der Waals surface area contributed by atoms with Crippen LogP contribution < -0.4 is 14.7 Å². The fourth-order valence-electron chi connectivity index (χ4n) is 4.93. The first kappa shape index (κ1) is 24.6. The molecule has 0 spiro atoms. The Morgan fingerprint density at radius 2 is 1.69 bits per heavy atom. The van der Waals surface area contributed by atoms with Crippen LogP contribution in [-0.2, 0) is 15.8 Å². The van der Waals surface area contributed by atoms with Gasteiger partial charge in [0.05, 0.1) is 22.2 Å². The Hall–Kier alpha value is -3.05. The zero-order chi connectivity index (χ0) is 25.8. The summed E-state index contributed by atoms with van der Waals surface area (Å²) in [7, 11) is 0. The molecule has 0 saturated carbocycles. The number of fused-ring (bicyclic) bond motifs is 2. The Bertz CT molecular complexity index is 1380. The summed E-state index contributed by atoms with van der Waals surface area (Å²) >= 11 is 2.09. The summed E-state index contributed by atoms with van der Waals surface area (Å²) in [6.07, 6.45) is -4.61. The number of H-pyrrole nitrogens is 1. The van der Waals surface area contributed by atoms with E-state index in [1.165, 1.54) is 12.1 Å². The molecule has 6 nitrogen and oxygen atoms in total. The number of aromatic amines is 1. The highest BCUT2D eigenvalue weighted by atomic mass is 32.2. The van der Waals surface area contributed by atoms with Crippen molar-refractivity contribution in [2.24, 2.45) is 5.92 Å². The summed E-state index contributed by atoms with van der Waals surface area (Å²) < 4.78 is 39.9. The molecule has 11 heteroatoms. The zero-order valence-electron chi connectivity index (χ0n) is 19.3. The van der Waals surface area contributed by atoms with Crippen molar-refractivity contribution in [2.45, 2.75) is 36.2 Å². The fourth-order valence-corrected chi connectivity index (χ4v) is 7.45. The number of carbonyl (C=O) groups is 2. The molecule has 0 radical (unpaired) electrons. The number of hydrogen-bond acceptors (Lipinski definition) is 6. The third-order valence-electron chi connectivity index (χ3n) is 6.64. The van der Waals surface area contributed by atoms with Gasteiger partial charge >= 0.3 is 11.0 Å². The molecule has 1 aromatic heterocycles. The van der Waals surface area contributed by atoms with E-state index in [-0.39, 0.29) is 10.6 Å². The lowest BCUT2D eigenvalue weighted by atomic mass is 9.83. The number of amides is 2. The average Bonchev–Trinajstić information content (AvgIpc) is 3.34. The number of alkyl halides is 3. The van der Waals surface area contributed by atoms with E-state index in [0.29, 0.717) is 9.90 Å². The van der Waals surface area contributed by atoms with Crippen LogP contribution in [0.3, 0.4) is 0 Å². The van der Waals surface area contributed by atoms with Crippen molar-refractivity contribution in [3.8, 4) is 0 Å². The SMILES string of the molecule is CCN(CC)c1ccc([C@H]2c3sc(=O)[nH]c3SC3C(=O)N(c4cccc(C(F)(F)F)c4)C(=O)C32)cc1. The number of benzene rings is 2. The Labute approximate surface area is 213 Å². The maximum Gasteiger partial charge on any atom is 0.416 e. The molecule has 5 rings (SSSR count). The van der Waals surface area contributed by atoms with Gasteiger partial charge in [-0.2, -0.15) is 13.2 Å². The van der Waals surface area contributed by atoms with Gasteiger partial charge in [-0.3, -0.25) is 14.4 Å². The van der Waals surface area contributed by atoms with Crippen molar-refractivity contribution in [1.82, 2.24) is 4.98 Å². The summed E-state index contributed by atoms with van der Waals surface area (Å²) in [6.45, 7) is 5.75. The van der Waals surface area contributed by atoms with Gasteiger partial charge in [-0.25, -0.2) is 4.90 Å². The Morgan fingerprint density at radius 1 is 1.00 bits per heavy atom. The van der Waals surface area contributed by atoms with Crippen LogP contribution in [0.4, 0.5) is 24.5 Å². The van der Waals surface area contributed by atoms with E-state index in [4.69, 9.17) is 0 Å². The van der Waals surface area contributed by atoms with Crippen LogP contribution in [0.15, 0.2) is 58.4 Å². The van der Waals surface area contributed by atoms with Crippen LogP contribution in [0, 0.1) is 5.92 Å². The van der Waals surface area contributed by atoms with Crippen molar-refractivity contribution in [3.05, 3.63) is 74.2 Å². The molecule has 2 aromatic carbocycles. The van der Waals surface area contributed by atoms with Crippen molar-refractivity contribution in [3.63, 3.8) is 0 Å². The first-order chi connectivity index (χ1) is 17.1. The molecule has 1 saturated heterocycles. The van der Waals surface area contributed by atoms with Gasteiger partial charge in [-0.05, 0) is 49.7 Å². The number of nitrogens with zero attached hydrogens (tertiary/aromatic N) is 2. The Morgan fingerprint density at radius 3 is 2.33 bits per heavy atom. The average molecular weight is 534 g/mol. The second kappa shape index (κ2) is 9.11. The Kier molecular flexibility index (Phi) is 6.24. The molecule has 3 heterocycles. The van der Waals surface area contributed by atoms with Crippen LogP contribution in [0.2, 0.25) is 0 Å². The number of carbonyl (C=O) groups excluding carboxylic acids is 2. The quantitative estimate of drug-likeness (QED) is 0.462. The molecule has 2 amide bonds. The highest BCUT2D eigenvalue weighted by molar-refractivity contribution is 8.00. The largest absolute Gasteiger partial charge is 0.416 e. The minimum absolute atomic E-state index is 0.109. The predicted octanol–water partition coefficient (Wildman–Crippen LogP) is 5.10. The lowest BCUT2D eigenvalue weighted by Gasteiger charge is -2.30. The van der Waals surface area contributed by atoms with E-state index in [9.17, 15) is 27.6 Å². The van der Waals surface area contributed by atoms with Gasteiger partial charge in [0, 0.05) is 29.6 Å². The van der Waals surface area contributed by atoms with Gasteiger partial charge in [0.25, 0.3) is 0 Å². The van der Waals surface area contributed by atoms with Gasteiger partial charge in [-0.1, -0.05) is 41.3 Å². The summed E-state index contributed by atoms with van der Waals surface area (Å²) in [5.74, 6) is -2.58. The van der Waals surface area contributed by atoms with E-state index in [1.54, 1.807) is 0 Å². The van der Waals surface area contributed by atoms with E-state index in [0.717, 1.165) is 64.5 Å². The molecule has 0 bridgehead atoms. The van der Waals surface area contributed by atoms with E-state index >= 15 is 0 Å². The maximum atomic E-state index is 13.7. The van der Waals surface area contributed by atoms with Crippen molar-refractivity contribution in [1.29, 1.82) is 0 Å². The molecule has 3 atom stereocenters. The Balaban J connectivity index is 1.58. The summed E-state index contributed by atoms with van der Waals surface area (Å²) in [4.78, 5) is 45.5. The van der Waals surface area contributed by atoms with Crippen molar-refractivity contribution in [2.75, 3.05) is 22.9 Å². The first-order valence-electron chi connectivity index (χ1n) is 11.4. The van der Waals surface area contributed by atoms with Gasteiger partial charge < -0.3 is 9.88 Å². The lowest BCUT2D eigenvalue weighted by Crippen LogP contribution is -2.32. The normalized spacial score (nSPS) is 21.5. The number of thioether (sulfide) groups is 1. The van der Waals surface area contributed by atoms with Crippen LogP contribution in [-0.4, -0.2) is 35.1 Å². The molecular weight excluding hydrogens is 511 g/mol. The van der Waals surface area contributed by atoms with E-state index in [2.05, 4.69) is 23.7 Å². The van der Waals surface area contributed by atoms with Crippen LogP contribution >= 0.6 is 23.1 Å². The van der Waals surface area contributed by atoms with E-state index in [1.807, 2.05) is 24.3 Å². The minimum Gasteiger partial charge on any atom is -0.372 e. The predicted molar refractivity (Wildman–Crippen MR) is 134 cm³/mol. The zero-order valence-corrected chi connectivity index (χ0v) is 21.0. The third-order valence-corrected chi connectivity index (χ3v) is 9.04. The van der Waals surface area contributed by atoms with E-state index < -0.39 is 40.6 Å². The highest BCUT2D eigenvalue weighted by Gasteiger charge is 2.56. The number of imide groups is 1. The monoisotopic (exact) mass is 533 g/mol. The number of nitrogens with one attached hydrogen (secondary N) is 1. The van der Waals surface area contributed by atoms with Gasteiger partial charge in [0.15, 0.2) is 0 Å². The minimum atomic E-state index is -4.61.